The largest absolute Gasteiger partial charge is 0.478 e. The molecule has 0 radical (unpaired) electrons. The van der Waals surface area contributed by atoms with Gasteiger partial charge in [0.1, 0.15) is 0 Å². The molecule has 17 heavy (non-hydrogen) atoms. The van der Waals surface area contributed by atoms with E-state index in [9.17, 15) is 4.79 Å². The topological polar surface area (TPSA) is 42.2 Å². The number of aryl methyl sites for hydroxylation is 1. The van der Waals surface area contributed by atoms with E-state index in [1.54, 1.807) is 6.07 Å². The average Bonchev–Trinajstić information content (AvgIpc) is 2.58. The molecule has 2 rings (SSSR count). The highest BCUT2D eigenvalue weighted by atomic mass is 16.4. The van der Waals surface area contributed by atoms with E-state index in [-0.39, 0.29) is 0 Å². The van der Waals surface area contributed by atoms with Gasteiger partial charge in [-0.1, -0.05) is 19.3 Å². The molecule has 1 fully saturated rings. The minimum absolute atomic E-state index is 0.457. The Balaban J connectivity index is 2.17. The quantitative estimate of drug-likeness (QED) is 0.872. The lowest BCUT2D eigenvalue weighted by molar-refractivity contribution is 0.0696. The van der Waals surface area contributed by atoms with Gasteiger partial charge >= 0.3 is 5.97 Å². The number of aromatic carboxylic acids is 1. The molecule has 0 bridgehead atoms. The fourth-order valence-electron chi connectivity index (χ4n) is 2.93. The Morgan fingerprint density at radius 1 is 1.35 bits per heavy atom. The molecule has 1 aromatic heterocycles. The molecule has 0 unspecified atom stereocenters. The van der Waals surface area contributed by atoms with Gasteiger partial charge in [-0.2, -0.15) is 0 Å². The van der Waals surface area contributed by atoms with E-state index >= 15 is 0 Å². The van der Waals surface area contributed by atoms with Gasteiger partial charge in [0.05, 0.1) is 5.56 Å². The van der Waals surface area contributed by atoms with E-state index in [1.165, 1.54) is 32.1 Å². The standard InChI is InChI=1S/C14H21NO2/c1-10-8-13(14(16)17)11(2)15(10)9-12-6-4-3-5-7-12/h8,12H,3-7,9H2,1-2H3,(H,16,17). The first-order valence-electron chi connectivity index (χ1n) is 6.49. The van der Waals surface area contributed by atoms with E-state index in [0.717, 1.165) is 23.9 Å². The van der Waals surface area contributed by atoms with E-state index in [0.29, 0.717) is 5.56 Å². The van der Waals surface area contributed by atoms with Crippen molar-refractivity contribution < 1.29 is 9.90 Å². The van der Waals surface area contributed by atoms with E-state index in [2.05, 4.69) is 4.57 Å². The SMILES string of the molecule is Cc1cc(C(=O)O)c(C)n1CC1CCCCC1. The number of rotatable bonds is 3. The first-order chi connectivity index (χ1) is 8.09. The lowest BCUT2D eigenvalue weighted by Crippen LogP contribution is -2.16. The van der Waals surface area contributed by atoms with Gasteiger partial charge in [-0.15, -0.1) is 0 Å². The number of carboxylic acids is 1. The number of aromatic nitrogens is 1. The first kappa shape index (κ1) is 12.2. The molecule has 1 saturated carbocycles. The van der Waals surface area contributed by atoms with Gasteiger partial charge in [0.15, 0.2) is 0 Å². The van der Waals surface area contributed by atoms with E-state index in [1.807, 2.05) is 13.8 Å². The molecule has 0 saturated heterocycles. The van der Waals surface area contributed by atoms with Crippen molar-refractivity contribution in [1.82, 2.24) is 4.57 Å². The summed E-state index contributed by atoms with van der Waals surface area (Å²) in [5.74, 6) is -0.0804. The van der Waals surface area contributed by atoms with Crippen molar-refractivity contribution in [2.24, 2.45) is 5.92 Å². The maximum atomic E-state index is 11.1. The minimum atomic E-state index is -0.812. The Labute approximate surface area is 102 Å². The molecule has 1 heterocycles. The normalized spacial score (nSPS) is 17.3. The minimum Gasteiger partial charge on any atom is -0.478 e. The van der Waals surface area contributed by atoms with Crippen molar-refractivity contribution >= 4 is 5.97 Å². The molecule has 1 aliphatic carbocycles. The van der Waals surface area contributed by atoms with Crippen molar-refractivity contribution in [3.05, 3.63) is 23.0 Å². The molecule has 0 aromatic carbocycles. The summed E-state index contributed by atoms with van der Waals surface area (Å²) in [6.07, 6.45) is 6.60. The van der Waals surface area contributed by atoms with Crippen LogP contribution in [-0.4, -0.2) is 15.6 Å². The average molecular weight is 235 g/mol. The van der Waals surface area contributed by atoms with Crippen molar-refractivity contribution in [3.8, 4) is 0 Å². The second-order valence-corrected chi connectivity index (χ2v) is 5.20. The van der Waals surface area contributed by atoms with Crippen LogP contribution in [-0.2, 0) is 6.54 Å². The van der Waals surface area contributed by atoms with Crippen molar-refractivity contribution in [2.75, 3.05) is 0 Å². The molecule has 1 aromatic rings. The zero-order chi connectivity index (χ0) is 12.4. The Morgan fingerprint density at radius 2 is 2.00 bits per heavy atom. The molecule has 0 spiro atoms. The van der Waals surface area contributed by atoms with Crippen molar-refractivity contribution in [1.29, 1.82) is 0 Å². The summed E-state index contributed by atoms with van der Waals surface area (Å²) in [6.45, 7) is 4.91. The highest BCUT2D eigenvalue weighted by Gasteiger charge is 2.19. The van der Waals surface area contributed by atoms with Gasteiger partial charge in [0.25, 0.3) is 0 Å². The number of hydrogen-bond donors (Lipinski definition) is 1. The van der Waals surface area contributed by atoms with Crippen LogP contribution in [0.15, 0.2) is 6.07 Å². The Hall–Kier alpha value is -1.25. The van der Waals surface area contributed by atoms with Crippen LogP contribution in [0.5, 0.6) is 0 Å². The van der Waals surface area contributed by atoms with E-state index in [4.69, 9.17) is 5.11 Å². The Kier molecular flexibility index (Phi) is 3.55. The second-order valence-electron chi connectivity index (χ2n) is 5.20. The molecule has 1 N–H and O–H groups in total. The lowest BCUT2D eigenvalue weighted by Gasteiger charge is -2.23. The molecule has 94 valence electrons. The van der Waals surface area contributed by atoms with Crippen LogP contribution in [0.2, 0.25) is 0 Å². The second kappa shape index (κ2) is 4.94. The predicted molar refractivity (Wildman–Crippen MR) is 67.4 cm³/mol. The highest BCUT2D eigenvalue weighted by molar-refractivity contribution is 5.89. The zero-order valence-corrected chi connectivity index (χ0v) is 10.7. The van der Waals surface area contributed by atoms with Crippen LogP contribution < -0.4 is 0 Å². The third-order valence-electron chi connectivity index (χ3n) is 3.97. The maximum absolute atomic E-state index is 11.1. The number of hydrogen-bond acceptors (Lipinski definition) is 1. The lowest BCUT2D eigenvalue weighted by atomic mass is 9.89. The summed E-state index contributed by atoms with van der Waals surface area (Å²) in [7, 11) is 0. The van der Waals surface area contributed by atoms with Gasteiger partial charge in [0.2, 0.25) is 0 Å². The maximum Gasteiger partial charge on any atom is 0.337 e. The highest BCUT2D eigenvalue weighted by Crippen LogP contribution is 2.27. The zero-order valence-electron chi connectivity index (χ0n) is 10.7. The van der Waals surface area contributed by atoms with Crippen molar-refractivity contribution in [2.45, 2.75) is 52.5 Å². The Morgan fingerprint density at radius 3 is 2.53 bits per heavy atom. The summed E-state index contributed by atoms with van der Waals surface area (Å²) in [4.78, 5) is 11.1. The number of carbonyl (C=O) groups is 1. The summed E-state index contributed by atoms with van der Waals surface area (Å²) < 4.78 is 2.18. The first-order valence-corrected chi connectivity index (χ1v) is 6.49. The monoisotopic (exact) mass is 235 g/mol. The van der Waals surface area contributed by atoms with Crippen LogP contribution in [0.1, 0.15) is 53.8 Å². The molecule has 3 nitrogen and oxygen atoms in total. The molecule has 1 aliphatic rings. The summed E-state index contributed by atoms with van der Waals surface area (Å²) >= 11 is 0. The molecule has 0 atom stereocenters. The molecular formula is C14H21NO2. The smallest absolute Gasteiger partial charge is 0.337 e. The van der Waals surface area contributed by atoms with Gasteiger partial charge in [-0.25, -0.2) is 4.79 Å². The third-order valence-corrected chi connectivity index (χ3v) is 3.97. The summed E-state index contributed by atoms with van der Waals surface area (Å²) in [5, 5.41) is 9.10. The molecule has 3 heteroatoms. The van der Waals surface area contributed by atoms with Crippen molar-refractivity contribution in [3.63, 3.8) is 0 Å². The number of carboxylic acid groups (broad SMARTS) is 1. The van der Waals surface area contributed by atoms with E-state index < -0.39 is 5.97 Å². The van der Waals surface area contributed by atoms with Gasteiger partial charge < -0.3 is 9.67 Å². The number of nitrogens with zero attached hydrogens (tertiary/aromatic N) is 1. The van der Waals surface area contributed by atoms with Crippen LogP contribution in [0.25, 0.3) is 0 Å². The third kappa shape index (κ3) is 2.54. The fraction of sp³-hybridized carbons (Fsp3) is 0.643. The molecule has 0 aliphatic heterocycles. The predicted octanol–water partition coefficient (Wildman–Crippen LogP) is 3.38. The van der Waals surface area contributed by atoms with Crippen LogP contribution >= 0.6 is 0 Å². The van der Waals surface area contributed by atoms with Crippen LogP contribution in [0, 0.1) is 19.8 Å². The van der Waals surface area contributed by atoms with Gasteiger partial charge in [-0.05, 0) is 38.7 Å². The molecule has 0 amide bonds. The summed E-state index contributed by atoms with van der Waals surface area (Å²) in [5.41, 5.74) is 2.43. The Bertz CT molecular complexity index is 414. The van der Waals surface area contributed by atoms with Gasteiger partial charge in [-0.3, -0.25) is 0 Å². The van der Waals surface area contributed by atoms with Crippen LogP contribution in [0.3, 0.4) is 0 Å². The van der Waals surface area contributed by atoms with Crippen LogP contribution in [0.4, 0.5) is 0 Å². The molecular weight excluding hydrogens is 214 g/mol. The summed E-state index contributed by atoms with van der Waals surface area (Å²) in [6, 6.07) is 1.79. The fourth-order valence-corrected chi connectivity index (χ4v) is 2.93. The van der Waals surface area contributed by atoms with Gasteiger partial charge in [0, 0.05) is 17.9 Å².